The fourth-order valence-corrected chi connectivity index (χ4v) is 19.2. The maximum atomic E-state index is 2.75. The number of para-hydroxylation sites is 2. The summed E-state index contributed by atoms with van der Waals surface area (Å²) < 4.78 is 2.59. The lowest BCUT2D eigenvalue weighted by Crippen LogP contribution is -2.60. The number of benzene rings is 10. The first-order chi connectivity index (χ1) is 45.2. The molecule has 6 aliphatic rings. The minimum atomic E-state index is -0.0355. The number of rotatable bonds is 10. The fraction of sp³-hybridized carbons (Fsp3) is 0.318. The Kier molecular flexibility index (Phi) is 15.3. The minimum Gasteiger partial charge on any atom is -0.310 e. The molecule has 0 amide bonds. The van der Waals surface area contributed by atoms with Gasteiger partial charge < -0.3 is 9.47 Å². The lowest BCUT2D eigenvalue weighted by atomic mass is 9.34. The van der Waals surface area contributed by atoms with Crippen LogP contribution in [0, 0.1) is 0 Å². The zero-order valence-electron chi connectivity index (χ0n) is 54.5. The first-order valence-electron chi connectivity index (χ1n) is 35.8. The van der Waals surface area contributed by atoms with E-state index in [-0.39, 0.29) is 12.1 Å². The van der Waals surface area contributed by atoms with E-state index in [2.05, 4.69) is 236 Å². The van der Waals surface area contributed by atoms with Crippen molar-refractivity contribution in [2.75, 3.05) is 4.90 Å². The van der Waals surface area contributed by atoms with Crippen LogP contribution in [0.1, 0.15) is 201 Å². The Balaban J connectivity index is 0.948. The maximum absolute atomic E-state index is 2.75. The zero-order valence-corrected chi connectivity index (χ0v) is 55.3. The summed E-state index contributed by atoms with van der Waals surface area (Å²) in [5, 5.41) is 2.59. The fourth-order valence-electron chi connectivity index (χ4n) is 18.0. The van der Waals surface area contributed by atoms with E-state index in [1.165, 1.54) is 249 Å². The van der Waals surface area contributed by atoms with Crippen LogP contribution in [0.5, 0.6) is 0 Å². The van der Waals surface area contributed by atoms with Crippen molar-refractivity contribution < 1.29 is 0 Å². The predicted octanol–water partition coefficient (Wildman–Crippen LogP) is 23.7. The van der Waals surface area contributed by atoms with Crippen LogP contribution in [-0.4, -0.2) is 11.3 Å². The van der Waals surface area contributed by atoms with Gasteiger partial charge >= 0.3 is 0 Å². The molecule has 4 saturated carbocycles. The molecule has 10 aromatic carbocycles. The Bertz CT molecular complexity index is 4450. The number of hydrogen-bond acceptors (Lipinski definition) is 2. The van der Waals surface area contributed by atoms with E-state index in [1.54, 1.807) is 22.3 Å². The lowest BCUT2D eigenvalue weighted by molar-refractivity contribution is 0.435. The SMILES string of the molecule is CC(C)(C)c1ccc2c(c1)c1ccccc1n2-c1cc2c3c(c1)N(c1c(-c4ccccc4)cccc1-c1ccccc1)c1ccc(-c4cc(C5CCCCC5)cc(C5CCCCC5)c4)cc1B3c1cc(-c3cc(C4CCCCC4)cc(C4CCCCC4)c3)ccc1S2. The van der Waals surface area contributed by atoms with Gasteiger partial charge in [0.25, 0.3) is 0 Å². The van der Waals surface area contributed by atoms with Crippen molar-refractivity contribution in [3.63, 3.8) is 0 Å². The minimum absolute atomic E-state index is 0.00832. The van der Waals surface area contributed by atoms with Gasteiger partial charge in [0, 0.05) is 48.8 Å². The van der Waals surface area contributed by atoms with Gasteiger partial charge in [-0.3, -0.25) is 0 Å². The molecule has 4 aliphatic carbocycles. The summed E-state index contributed by atoms with van der Waals surface area (Å²) in [5.41, 5.74) is 29.7. The molecule has 0 radical (unpaired) electrons. The lowest BCUT2D eigenvalue weighted by Gasteiger charge is -2.42. The zero-order chi connectivity index (χ0) is 61.4. The molecule has 0 atom stereocenters. The third-order valence-electron chi connectivity index (χ3n) is 22.9. The van der Waals surface area contributed by atoms with Crippen molar-refractivity contribution in [2.45, 2.75) is 188 Å². The average molecular weight is 1220 g/mol. The van der Waals surface area contributed by atoms with Gasteiger partial charge in [-0.25, -0.2) is 0 Å². The Morgan fingerprint density at radius 3 is 1.38 bits per heavy atom. The first-order valence-corrected chi connectivity index (χ1v) is 36.6. The maximum Gasteiger partial charge on any atom is 0.249 e. The number of fused-ring (bicyclic) bond motifs is 7. The Labute approximate surface area is 552 Å². The Morgan fingerprint density at radius 1 is 0.359 bits per heavy atom. The van der Waals surface area contributed by atoms with E-state index in [9.17, 15) is 0 Å². The van der Waals surface area contributed by atoms with E-state index in [0.717, 1.165) is 0 Å². The number of aromatic nitrogens is 1. The monoisotopic (exact) mass is 1210 g/mol. The molecule has 2 aliphatic heterocycles. The van der Waals surface area contributed by atoms with Crippen LogP contribution >= 0.6 is 11.8 Å². The highest BCUT2D eigenvalue weighted by Crippen LogP contribution is 2.52. The van der Waals surface area contributed by atoms with Crippen LogP contribution in [0.15, 0.2) is 216 Å². The molecule has 0 N–H and O–H groups in total. The molecule has 4 heteroatoms. The third kappa shape index (κ3) is 10.6. The second kappa shape index (κ2) is 24.3. The standard InChI is InChI=1S/C88H87BN2S/c1-88(2,3)72-43-45-81-77(55-72)76-37-22-23-40-80(76)90(81)73-56-83-86-85(57-73)92-84-46-42-65(71-51-68(60-29-14-6-15-30-60)48-69(52-71)61-31-16-7-17-32-61)54-79(84)89(86)78-53-64(70-49-66(58-25-10-4-11-26-58)47-67(50-70)59-27-12-5-13-28-59)41-44-82(78)91(83)87-74(62-33-18-8-19-34-62)38-24-39-75(87)63-35-20-9-21-36-63/h8-9,18-24,33-61H,4-7,10-17,25-32H2,1-3H3. The van der Waals surface area contributed by atoms with Crippen molar-refractivity contribution in [1.29, 1.82) is 0 Å². The highest BCUT2D eigenvalue weighted by molar-refractivity contribution is 8.00. The van der Waals surface area contributed by atoms with Gasteiger partial charge in [-0.05, 0) is 195 Å². The topological polar surface area (TPSA) is 8.17 Å². The quantitative estimate of drug-likeness (QED) is 0.126. The molecule has 458 valence electrons. The predicted molar refractivity (Wildman–Crippen MR) is 394 cm³/mol. The summed E-state index contributed by atoms with van der Waals surface area (Å²) in [6, 6.07) is 82.6. The van der Waals surface area contributed by atoms with Crippen LogP contribution in [0.2, 0.25) is 0 Å². The van der Waals surface area contributed by atoms with Gasteiger partial charge in [-0.2, -0.15) is 0 Å². The van der Waals surface area contributed by atoms with Gasteiger partial charge in [0.05, 0.1) is 16.7 Å². The van der Waals surface area contributed by atoms with Crippen molar-refractivity contribution in [3.8, 4) is 50.2 Å². The molecule has 3 heterocycles. The van der Waals surface area contributed by atoms with Crippen LogP contribution < -0.4 is 21.3 Å². The van der Waals surface area contributed by atoms with Crippen LogP contribution in [0.25, 0.3) is 72.0 Å². The van der Waals surface area contributed by atoms with E-state index >= 15 is 0 Å². The second-order valence-corrected chi connectivity index (χ2v) is 30.7. The summed E-state index contributed by atoms with van der Waals surface area (Å²) in [5.74, 6) is 2.53. The van der Waals surface area contributed by atoms with Crippen LogP contribution in [0.4, 0.5) is 17.1 Å². The van der Waals surface area contributed by atoms with E-state index in [0.29, 0.717) is 23.7 Å². The van der Waals surface area contributed by atoms with E-state index in [4.69, 9.17) is 0 Å². The molecule has 92 heavy (non-hydrogen) atoms. The molecule has 2 nitrogen and oxygen atoms in total. The van der Waals surface area contributed by atoms with Crippen molar-refractivity contribution in [1.82, 2.24) is 4.57 Å². The molecule has 4 fully saturated rings. The smallest absolute Gasteiger partial charge is 0.249 e. The van der Waals surface area contributed by atoms with Gasteiger partial charge in [-0.1, -0.05) is 279 Å². The highest BCUT2D eigenvalue weighted by Gasteiger charge is 2.43. The molecule has 1 aromatic heterocycles. The largest absolute Gasteiger partial charge is 0.310 e. The highest BCUT2D eigenvalue weighted by atomic mass is 32.2. The summed E-state index contributed by atoms with van der Waals surface area (Å²) in [4.78, 5) is 5.44. The molecule has 17 rings (SSSR count). The van der Waals surface area contributed by atoms with Crippen LogP contribution in [0.3, 0.4) is 0 Å². The van der Waals surface area contributed by atoms with Crippen molar-refractivity contribution >= 4 is 73.7 Å². The summed E-state index contributed by atoms with van der Waals surface area (Å²) in [7, 11) is 0. The van der Waals surface area contributed by atoms with E-state index in [1.807, 2.05) is 11.8 Å². The van der Waals surface area contributed by atoms with Crippen LogP contribution in [-0.2, 0) is 5.41 Å². The normalized spacial score (nSPS) is 17.5. The summed E-state index contributed by atoms with van der Waals surface area (Å²) >= 11 is 2.00. The molecule has 0 saturated heterocycles. The Hall–Kier alpha value is -7.79. The number of hydrogen-bond donors (Lipinski definition) is 0. The van der Waals surface area contributed by atoms with Crippen molar-refractivity contribution in [3.05, 3.63) is 234 Å². The Morgan fingerprint density at radius 2 is 0.848 bits per heavy atom. The third-order valence-corrected chi connectivity index (χ3v) is 24.1. The summed E-state index contributed by atoms with van der Waals surface area (Å²) in [6.07, 6.45) is 26.7. The van der Waals surface area contributed by atoms with Crippen molar-refractivity contribution in [2.24, 2.45) is 0 Å². The van der Waals surface area contributed by atoms with Gasteiger partial charge in [0.2, 0.25) is 6.71 Å². The molecule has 0 bridgehead atoms. The van der Waals surface area contributed by atoms with Gasteiger partial charge in [0.15, 0.2) is 0 Å². The molecule has 0 spiro atoms. The van der Waals surface area contributed by atoms with Gasteiger partial charge in [-0.15, -0.1) is 0 Å². The second-order valence-electron chi connectivity index (χ2n) is 29.7. The molecular weight excluding hydrogens is 1130 g/mol. The van der Waals surface area contributed by atoms with Gasteiger partial charge in [0.1, 0.15) is 0 Å². The average Bonchev–Trinajstić information content (AvgIpc) is 0.951. The number of anilines is 3. The summed E-state index contributed by atoms with van der Waals surface area (Å²) in [6.45, 7) is 6.99. The molecule has 0 unspecified atom stereocenters. The number of nitrogens with zero attached hydrogens (tertiary/aromatic N) is 2. The first kappa shape index (κ1) is 58.1. The molecular formula is C88H87BN2S. The molecule has 11 aromatic rings. The van der Waals surface area contributed by atoms with E-state index < -0.39 is 0 Å².